The minimum atomic E-state index is -5.10. The smallest absolute Gasteiger partial charge is 0.497 e. The fourth-order valence-electron chi connectivity index (χ4n) is 1.02. The predicted molar refractivity (Wildman–Crippen MR) is 47.1 cm³/mol. The monoisotopic (exact) mass is 203 g/mol. The van der Waals surface area contributed by atoms with E-state index in [-0.39, 0.29) is 11.3 Å². The Morgan fingerprint density at radius 1 is 1.29 bits per heavy atom. The van der Waals surface area contributed by atoms with Gasteiger partial charge >= 0.3 is 6.98 Å². The summed E-state index contributed by atoms with van der Waals surface area (Å²) in [4.78, 5) is 10.3. The van der Waals surface area contributed by atoms with Gasteiger partial charge in [-0.1, -0.05) is 6.07 Å². The molecular formula is C8H7BF3O2-. The summed E-state index contributed by atoms with van der Waals surface area (Å²) in [7, 11) is 1.25. The minimum absolute atomic E-state index is 0.0313. The SMILES string of the molecule is COc1cc(C=O)cc([B-](F)(F)F)c1. The van der Waals surface area contributed by atoms with Crippen molar-refractivity contribution in [3.8, 4) is 5.75 Å². The van der Waals surface area contributed by atoms with E-state index in [0.717, 1.165) is 12.1 Å². The Morgan fingerprint density at radius 2 is 1.93 bits per heavy atom. The number of rotatable bonds is 3. The highest BCUT2D eigenvalue weighted by atomic mass is 19.4. The van der Waals surface area contributed by atoms with Crippen LogP contribution in [0.5, 0.6) is 5.75 Å². The van der Waals surface area contributed by atoms with Crippen molar-refractivity contribution < 1.29 is 22.5 Å². The van der Waals surface area contributed by atoms with Gasteiger partial charge in [-0.25, -0.2) is 0 Å². The highest BCUT2D eigenvalue weighted by Gasteiger charge is 2.26. The molecule has 1 rings (SSSR count). The van der Waals surface area contributed by atoms with Gasteiger partial charge in [0.25, 0.3) is 0 Å². The second-order valence-electron chi connectivity index (χ2n) is 2.73. The molecule has 76 valence electrons. The van der Waals surface area contributed by atoms with Crippen LogP contribution in [-0.4, -0.2) is 20.4 Å². The van der Waals surface area contributed by atoms with Crippen molar-refractivity contribution in [1.82, 2.24) is 0 Å². The van der Waals surface area contributed by atoms with E-state index in [1.807, 2.05) is 0 Å². The van der Waals surface area contributed by atoms with Gasteiger partial charge in [0.1, 0.15) is 12.0 Å². The molecule has 0 saturated carbocycles. The number of halogens is 3. The number of benzene rings is 1. The van der Waals surface area contributed by atoms with Crippen LogP contribution in [0.2, 0.25) is 0 Å². The first-order valence-electron chi connectivity index (χ1n) is 3.81. The molecule has 0 saturated heterocycles. The summed E-state index contributed by atoms with van der Waals surface area (Å²) >= 11 is 0. The molecule has 1 aromatic rings. The third-order valence-electron chi connectivity index (χ3n) is 1.70. The van der Waals surface area contributed by atoms with Crippen molar-refractivity contribution in [2.24, 2.45) is 0 Å². The number of hydrogen-bond donors (Lipinski definition) is 0. The molecule has 1 aromatic carbocycles. The molecule has 0 fully saturated rings. The molecule has 0 unspecified atom stereocenters. The molecule has 0 amide bonds. The summed E-state index contributed by atoms with van der Waals surface area (Å²) in [6.07, 6.45) is 0.355. The van der Waals surface area contributed by atoms with E-state index in [1.54, 1.807) is 0 Å². The normalized spacial score (nSPS) is 11.1. The second-order valence-corrected chi connectivity index (χ2v) is 2.73. The van der Waals surface area contributed by atoms with E-state index < -0.39 is 12.4 Å². The molecule has 0 aliphatic rings. The molecule has 0 bridgehead atoms. The molecule has 0 radical (unpaired) electrons. The third-order valence-corrected chi connectivity index (χ3v) is 1.70. The van der Waals surface area contributed by atoms with Crippen molar-refractivity contribution in [2.75, 3.05) is 7.11 Å². The lowest BCUT2D eigenvalue weighted by Crippen LogP contribution is -2.34. The molecule has 6 heteroatoms. The Balaban J connectivity index is 3.24. The molecule has 14 heavy (non-hydrogen) atoms. The lowest BCUT2D eigenvalue weighted by molar-refractivity contribution is 0.112. The Morgan fingerprint density at radius 3 is 2.36 bits per heavy atom. The van der Waals surface area contributed by atoms with Crippen molar-refractivity contribution in [1.29, 1.82) is 0 Å². The van der Waals surface area contributed by atoms with Crippen LogP contribution >= 0.6 is 0 Å². The zero-order valence-electron chi connectivity index (χ0n) is 7.34. The third kappa shape index (κ3) is 2.28. The van der Waals surface area contributed by atoms with Gasteiger partial charge in [0.05, 0.1) is 7.11 Å². The summed E-state index contributed by atoms with van der Waals surface area (Å²) in [6.45, 7) is -5.10. The maximum Gasteiger partial charge on any atom is 0.509 e. The van der Waals surface area contributed by atoms with E-state index in [9.17, 15) is 17.7 Å². The fourth-order valence-corrected chi connectivity index (χ4v) is 1.02. The van der Waals surface area contributed by atoms with Crippen molar-refractivity contribution >= 4 is 18.7 Å². The maximum atomic E-state index is 12.3. The zero-order chi connectivity index (χ0) is 10.8. The molecule has 2 nitrogen and oxygen atoms in total. The second kappa shape index (κ2) is 3.73. The van der Waals surface area contributed by atoms with Crippen LogP contribution in [0, 0.1) is 0 Å². The highest BCUT2D eigenvalue weighted by molar-refractivity contribution is 6.73. The highest BCUT2D eigenvalue weighted by Crippen LogP contribution is 2.16. The minimum Gasteiger partial charge on any atom is -0.497 e. The quantitative estimate of drug-likeness (QED) is 0.550. The first-order chi connectivity index (χ1) is 6.47. The number of methoxy groups -OCH3 is 1. The van der Waals surface area contributed by atoms with Crippen molar-refractivity contribution in [3.05, 3.63) is 23.8 Å². The standard InChI is InChI=1S/C8H7BF3O2/c1-14-8-3-6(5-13)2-7(4-8)9(10,11)12/h2-5H,1H3/q-1. The summed E-state index contributed by atoms with van der Waals surface area (Å²) in [5, 5.41) is 0. The van der Waals surface area contributed by atoms with Gasteiger partial charge in [-0.2, -0.15) is 0 Å². The fraction of sp³-hybridized carbons (Fsp3) is 0.125. The van der Waals surface area contributed by atoms with Crippen LogP contribution in [0.4, 0.5) is 12.9 Å². The molecule has 0 atom stereocenters. The maximum absolute atomic E-state index is 12.3. The number of carbonyl (C=O) groups is 1. The van der Waals surface area contributed by atoms with Gasteiger partial charge in [-0.3, -0.25) is 4.79 Å². The van der Waals surface area contributed by atoms with E-state index in [2.05, 4.69) is 4.74 Å². The summed E-state index contributed by atoms with van der Waals surface area (Å²) in [6, 6.07) is 2.92. The van der Waals surface area contributed by atoms with Gasteiger partial charge in [0.2, 0.25) is 0 Å². The van der Waals surface area contributed by atoms with Crippen LogP contribution in [0.15, 0.2) is 18.2 Å². The van der Waals surface area contributed by atoms with Crippen LogP contribution in [0.1, 0.15) is 10.4 Å². The van der Waals surface area contributed by atoms with E-state index in [1.165, 1.54) is 13.2 Å². The van der Waals surface area contributed by atoms with Gasteiger partial charge in [0, 0.05) is 5.56 Å². The van der Waals surface area contributed by atoms with E-state index in [0.29, 0.717) is 6.29 Å². The number of hydrogen-bond acceptors (Lipinski definition) is 2. The molecule has 0 aliphatic carbocycles. The predicted octanol–water partition coefficient (Wildman–Crippen LogP) is 1.56. The average molecular weight is 203 g/mol. The van der Waals surface area contributed by atoms with Crippen LogP contribution in [0.25, 0.3) is 0 Å². The molecular weight excluding hydrogens is 196 g/mol. The molecule has 0 N–H and O–H groups in total. The first-order valence-corrected chi connectivity index (χ1v) is 3.81. The van der Waals surface area contributed by atoms with Gasteiger partial charge in [0.15, 0.2) is 0 Å². The summed E-state index contributed by atoms with van der Waals surface area (Å²) in [5.74, 6) is 0.0313. The van der Waals surface area contributed by atoms with Crippen molar-refractivity contribution in [2.45, 2.75) is 0 Å². The van der Waals surface area contributed by atoms with Crippen LogP contribution in [-0.2, 0) is 0 Å². The molecule has 0 aliphatic heterocycles. The lowest BCUT2D eigenvalue weighted by Gasteiger charge is -2.16. The van der Waals surface area contributed by atoms with E-state index in [4.69, 9.17) is 0 Å². The molecule has 0 heterocycles. The van der Waals surface area contributed by atoms with Crippen molar-refractivity contribution in [3.63, 3.8) is 0 Å². The number of ether oxygens (including phenoxy) is 1. The van der Waals surface area contributed by atoms with Gasteiger partial charge in [-0.05, 0) is 12.1 Å². The lowest BCUT2D eigenvalue weighted by atomic mass is 9.79. The Labute approximate surface area is 78.7 Å². The Bertz CT molecular complexity index is 349. The average Bonchev–Trinajstić information content (AvgIpc) is 2.15. The zero-order valence-corrected chi connectivity index (χ0v) is 7.34. The Hall–Kier alpha value is -1.46. The van der Waals surface area contributed by atoms with E-state index >= 15 is 0 Å². The first kappa shape index (κ1) is 10.6. The summed E-state index contributed by atoms with van der Waals surface area (Å²) in [5.41, 5.74) is -0.870. The molecule has 0 aromatic heterocycles. The largest absolute Gasteiger partial charge is 0.509 e. The van der Waals surface area contributed by atoms with Gasteiger partial charge < -0.3 is 17.7 Å². The number of aldehydes is 1. The summed E-state index contributed by atoms with van der Waals surface area (Å²) < 4.78 is 41.6. The van der Waals surface area contributed by atoms with Gasteiger partial charge in [-0.15, -0.1) is 5.46 Å². The van der Waals surface area contributed by atoms with Crippen LogP contribution < -0.4 is 10.2 Å². The Kier molecular flexibility index (Phi) is 2.83. The molecule has 0 spiro atoms. The topological polar surface area (TPSA) is 26.3 Å². The number of carbonyl (C=O) groups excluding carboxylic acids is 1. The van der Waals surface area contributed by atoms with Crippen LogP contribution in [0.3, 0.4) is 0 Å².